The number of hydrogen-bond donors (Lipinski definition) is 0. The van der Waals surface area contributed by atoms with Crippen molar-refractivity contribution in [2.24, 2.45) is 5.11 Å². The molecule has 0 bridgehead atoms. The molecule has 6 rings (SSSR count). The predicted octanol–water partition coefficient (Wildman–Crippen LogP) is 14.2. The van der Waals surface area contributed by atoms with Crippen LogP contribution in [0, 0.1) is 0 Å². The third kappa shape index (κ3) is 20.4. The number of benzene rings is 5. The summed E-state index contributed by atoms with van der Waals surface area (Å²) in [5, 5.41) is 4.30. The van der Waals surface area contributed by atoms with E-state index in [0.29, 0.717) is 19.8 Å². The van der Waals surface area contributed by atoms with Gasteiger partial charge in [0.25, 0.3) is 0 Å². The molecule has 1 saturated heterocycles. The number of ether oxygens (including phenoxy) is 8. The SMILES string of the molecule is CCCCCCCCCCCCC/C=C/[C@@H](OCc1ccc(OC)cc1)[C@H](CO[C@H]1O[C@H](COCc2ccccc2)[C@@H](OCc2ccccc2)[C@H](OCc2ccccc2)[C@H]1OCc1ccccc1)N=[N+]=[N-]. The molecule has 1 fully saturated rings. The Morgan fingerprint density at radius 2 is 1.03 bits per heavy atom. The molecule has 0 N–H and O–H groups in total. The fourth-order valence-electron chi connectivity index (χ4n) is 8.70. The van der Waals surface area contributed by atoms with Crippen molar-refractivity contribution in [3.8, 4) is 5.75 Å². The third-order valence-corrected chi connectivity index (χ3v) is 12.8. The van der Waals surface area contributed by atoms with E-state index in [0.717, 1.165) is 46.4 Å². The summed E-state index contributed by atoms with van der Waals surface area (Å²) in [6.07, 6.45) is 14.8. The predicted molar refractivity (Wildman–Crippen MR) is 280 cm³/mol. The second kappa shape index (κ2) is 33.3. The summed E-state index contributed by atoms with van der Waals surface area (Å²) in [6, 6.07) is 47.2. The lowest BCUT2D eigenvalue weighted by Gasteiger charge is -2.46. The van der Waals surface area contributed by atoms with Gasteiger partial charge in [-0.3, -0.25) is 0 Å². The summed E-state index contributed by atoms with van der Waals surface area (Å²) in [7, 11) is 1.65. The summed E-state index contributed by atoms with van der Waals surface area (Å²) in [5.41, 5.74) is 15.0. The van der Waals surface area contributed by atoms with Gasteiger partial charge < -0.3 is 37.9 Å². The van der Waals surface area contributed by atoms with Crippen molar-refractivity contribution >= 4 is 0 Å². The lowest BCUT2D eigenvalue weighted by molar-refractivity contribution is -0.329. The van der Waals surface area contributed by atoms with Crippen LogP contribution in [-0.2, 0) is 66.2 Å². The Morgan fingerprint density at radius 1 is 0.549 bits per heavy atom. The quantitative estimate of drug-likeness (QED) is 0.0129. The lowest BCUT2D eigenvalue weighted by Crippen LogP contribution is -2.62. The summed E-state index contributed by atoms with van der Waals surface area (Å²) in [4.78, 5) is 3.31. The highest BCUT2D eigenvalue weighted by molar-refractivity contribution is 5.27. The van der Waals surface area contributed by atoms with Gasteiger partial charge in [0.05, 0.1) is 65.5 Å². The highest BCUT2D eigenvalue weighted by Gasteiger charge is 2.49. The van der Waals surface area contributed by atoms with Gasteiger partial charge in [-0.05, 0) is 58.3 Å². The van der Waals surface area contributed by atoms with Gasteiger partial charge in [0.2, 0.25) is 0 Å². The zero-order chi connectivity index (χ0) is 49.4. The van der Waals surface area contributed by atoms with Crippen molar-refractivity contribution in [3.63, 3.8) is 0 Å². The van der Waals surface area contributed by atoms with E-state index in [1.54, 1.807) is 7.11 Å². The molecule has 5 aromatic carbocycles. The van der Waals surface area contributed by atoms with E-state index in [9.17, 15) is 5.53 Å². The van der Waals surface area contributed by atoms with Gasteiger partial charge in [0.15, 0.2) is 6.29 Å². The summed E-state index contributed by atoms with van der Waals surface area (Å²) in [5.74, 6) is 0.761. The number of azide groups is 1. The molecule has 71 heavy (non-hydrogen) atoms. The number of rotatable bonds is 35. The van der Waals surface area contributed by atoms with E-state index in [1.165, 1.54) is 64.2 Å². The Morgan fingerprint density at radius 3 is 1.55 bits per heavy atom. The Balaban J connectivity index is 1.23. The molecule has 0 aliphatic carbocycles. The zero-order valence-electron chi connectivity index (χ0n) is 42.1. The molecule has 5 aromatic rings. The van der Waals surface area contributed by atoms with Crippen molar-refractivity contribution in [1.29, 1.82) is 0 Å². The highest BCUT2D eigenvalue weighted by Crippen LogP contribution is 2.32. The fourth-order valence-corrected chi connectivity index (χ4v) is 8.70. The maximum atomic E-state index is 10.1. The molecule has 0 amide bonds. The van der Waals surface area contributed by atoms with E-state index < -0.39 is 42.9 Å². The number of methoxy groups -OCH3 is 1. The molecule has 1 aliphatic rings. The van der Waals surface area contributed by atoms with Crippen molar-refractivity contribution in [2.75, 3.05) is 20.3 Å². The molecule has 0 unspecified atom stereocenters. The average molecular weight is 968 g/mol. The Bertz CT molecular complexity index is 2200. The molecule has 1 aliphatic heterocycles. The van der Waals surface area contributed by atoms with E-state index in [4.69, 9.17) is 37.9 Å². The molecule has 1 heterocycles. The van der Waals surface area contributed by atoms with E-state index >= 15 is 0 Å². The smallest absolute Gasteiger partial charge is 0.186 e. The number of unbranched alkanes of at least 4 members (excludes halogenated alkanes) is 11. The minimum atomic E-state index is -0.986. The van der Waals surface area contributed by atoms with Crippen LogP contribution >= 0.6 is 0 Å². The van der Waals surface area contributed by atoms with Crippen molar-refractivity contribution in [1.82, 2.24) is 0 Å². The van der Waals surface area contributed by atoms with Gasteiger partial charge in [-0.25, -0.2) is 0 Å². The van der Waals surface area contributed by atoms with Crippen LogP contribution in [0.25, 0.3) is 10.4 Å². The first-order valence-electron chi connectivity index (χ1n) is 25.9. The Hall–Kier alpha value is -5.33. The molecule has 0 saturated carbocycles. The fraction of sp³-hybridized carbons (Fsp3) is 0.467. The van der Waals surface area contributed by atoms with Crippen LogP contribution in [0.3, 0.4) is 0 Å². The van der Waals surface area contributed by atoms with Crippen LogP contribution in [0.5, 0.6) is 5.75 Å². The van der Waals surface area contributed by atoms with Crippen molar-refractivity contribution in [2.45, 2.75) is 160 Å². The zero-order valence-corrected chi connectivity index (χ0v) is 42.1. The van der Waals surface area contributed by atoms with Crippen LogP contribution in [0.2, 0.25) is 0 Å². The molecular weight excluding hydrogens is 891 g/mol. The highest BCUT2D eigenvalue weighted by atomic mass is 16.7. The number of nitrogens with zero attached hydrogens (tertiary/aromatic N) is 3. The monoisotopic (exact) mass is 968 g/mol. The van der Waals surface area contributed by atoms with E-state index in [2.05, 4.69) is 23.0 Å². The lowest BCUT2D eigenvalue weighted by atomic mass is 9.97. The average Bonchev–Trinajstić information content (AvgIpc) is 3.42. The van der Waals surface area contributed by atoms with E-state index in [1.807, 2.05) is 152 Å². The minimum Gasteiger partial charge on any atom is -0.497 e. The Kier molecular flexibility index (Phi) is 25.8. The van der Waals surface area contributed by atoms with Crippen molar-refractivity contribution < 1.29 is 37.9 Å². The first-order valence-corrected chi connectivity index (χ1v) is 25.9. The first kappa shape index (κ1) is 55.0. The minimum absolute atomic E-state index is 0.0332. The van der Waals surface area contributed by atoms with Gasteiger partial charge in [0, 0.05) is 4.91 Å². The molecule has 7 atom stereocenters. The standard InChI is InChI=1S/C60H77N3O8/c1-3-4-5-6-7-8-9-10-11-12-13-14-27-36-55(66-42-52-37-39-53(64-2)40-38-52)54(62-63-61)46-70-60-59(69-45-51-34-25-18-26-35-51)58(68-44-50-32-23-17-24-33-50)57(67-43-49-30-21-16-22-31-49)56(71-60)47-65-41-48-28-19-15-20-29-48/h15-40,54-60H,3-14,41-47H2,1-2H3/b36-27+/t54-,55+,56+,57+,58-,59+,60-/m0/s1. The summed E-state index contributed by atoms with van der Waals surface area (Å²) in [6.45, 7) is 3.93. The number of hydrogen-bond acceptors (Lipinski definition) is 9. The second-order valence-corrected chi connectivity index (χ2v) is 18.3. The molecule has 11 heteroatoms. The topological polar surface area (TPSA) is 123 Å². The van der Waals surface area contributed by atoms with Gasteiger partial charge in [0.1, 0.15) is 30.2 Å². The van der Waals surface area contributed by atoms with Crippen LogP contribution in [-0.4, -0.2) is 63.2 Å². The summed E-state index contributed by atoms with van der Waals surface area (Å²) >= 11 is 0. The molecular formula is C60H77N3O8. The largest absolute Gasteiger partial charge is 0.497 e. The third-order valence-electron chi connectivity index (χ3n) is 12.8. The van der Waals surface area contributed by atoms with Gasteiger partial charge in [-0.15, -0.1) is 0 Å². The maximum absolute atomic E-state index is 10.1. The molecule has 380 valence electrons. The maximum Gasteiger partial charge on any atom is 0.186 e. The van der Waals surface area contributed by atoms with Gasteiger partial charge in [-0.2, -0.15) is 0 Å². The number of allylic oxidation sites excluding steroid dienone is 1. The van der Waals surface area contributed by atoms with Crippen LogP contribution < -0.4 is 4.74 Å². The molecule has 0 radical (unpaired) electrons. The summed E-state index contributed by atoms with van der Waals surface area (Å²) < 4.78 is 52.9. The normalized spacial score (nSPS) is 18.8. The van der Waals surface area contributed by atoms with Gasteiger partial charge >= 0.3 is 0 Å². The van der Waals surface area contributed by atoms with Gasteiger partial charge in [-0.1, -0.05) is 222 Å². The van der Waals surface area contributed by atoms with Crippen LogP contribution in [0.15, 0.2) is 163 Å². The molecule has 0 spiro atoms. The van der Waals surface area contributed by atoms with Crippen LogP contribution in [0.1, 0.15) is 112 Å². The van der Waals surface area contributed by atoms with Crippen molar-refractivity contribution in [3.05, 3.63) is 196 Å². The Labute approximate surface area is 423 Å². The van der Waals surface area contributed by atoms with E-state index in [-0.39, 0.29) is 26.4 Å². The molecule has 0 aromatic heterocycles. The van der Waals surface area contributed by atoms with Crippen LogP contribution in [0.4, 0.5) is 0 Å². The second-order valence-electron chi connectivity index (χ2n) is 18.3. The first-order chi connectivity index (χ1) is 35.1. The molecule has 11 nitrogen and oxygen atoms in total.